The zero-order valence-electron chi connectivity index (χ0n) is 14.0. The van der Waals surface area contributed by atoms with Gasteiger partial charge in [-0.3, -0.25) is 0 Å². The molecule has 0 bridgehead atoms. The van der Waals surface area contributed by atoms with Gasteiger partial charge in [0, 0.05) is 12.1 Å². The molecule has 0 aliphatic heterocycles. The van der Waals surface area contributed by atoms with Crippen molar-refractivity contribution < 1.29 is 0 Å². The Labute approximate surface area is 139 Å². The first kappa shape index (κ1) is 15.8. The third-order valence-corrected chi connectivity index (χ3v) is 4.75. The fraction of sp³-hybridized carbons (Fsp3) is 0.273. The fourth-order valence-corrected chi connectivity index (χ4v) is 3.02. The molecule has 3 aromatic carbocycles. The molecule has 0 fully saturated rings. The average molecular weight is 303 g/mol. The van der Waals surface area contributed by atoms with Crippen LogP contribution in [0, 0.1) is 0 Å². The van der Waals surface area contributed by atoms with E-state index >= 15 is 0 Å². The Morgan fingerprint density at radius 2 is 1.48 bits per heavy atom. The molecule has 3 aromatic rings. The monoisotopic (exact) mass is 303 g/mol. The second-order valence-electron chi connectivity index (χ2n) is 6.61. The molecule has 0 saturated carbocycles. The first-order valence-corrected chi connectivity index (χ1v) is 8.45. The number of nitrogens with one attached hydrogen (secondary N) is 1. The maximum absolute atomic E-state index is 3.76. The van der Waals surface area contributed by atoms with Crippen LogP contribution in [0.2, 0.25) is 0 Å². The second-order valence-corrected chi connectivity index (χ2v) is 6.61. The Kier molecular flexibility index (Phi) is 4.78. The molecular formula is C22H25N. The van der Waals surface area contributed by atoms with E-state index in [9.17, 15) is 0 Å². The van der Waals surface area contributed by atoms with Gasteiger partial charge >= 0.3 is 0 Å². The summed E-state index contributed by atoms with van der Waals surface area (Å²) in [6.45, 7) is 5.50. The van der Waals surface area contributed by atoms with E-state index in [0.717, 1.165) is 19.4 Å². The maximum atomic E-state index is 3.76. The Balaban J connectivity index is 1.73. The van der Waals surface area contributed by atoms with Crippen LogP contribution in [0.15, 0.2) is 72.8 Å². The minimum atomic E-state index is 0.109. The minimum absolute atomic E-state index is 0.109. The van der Waals surface area contributed by atoms with E-state index in [-0.39, 0.29) is 5.54 Å². The first-order valence-electron chi connectivity index (χ1n) is 8.45. The van der Waals surface area contributed by atoms with Gasteiger partial charge in [-0.1, -0.05) is 79.7 Å². The molecule has 0 aliphatic carbocycles. The van der Waals surface area contributed by atoms with Gasteiger partial charge in [-0.2, -0.15) is 0 Å². The largest absolute Gasteiger partial charge is 0.307 e. The van der Waals surface area contributed by atoms with E-state index in [0.29, 0.717) is 0 Å². The third-order valence-electron chi connectivity index (χ3n) is 4.75. The average Bonchev–Trinajstić information content (AvgIpc) is 2.61. The van der Waals surface area contributed by atoms with Gasteiger partial charge in [0.1, 0.15) is 0 Å². The lowest BCUT2D eigenvalue weighted by molar-refractivity contribution is 0.338. The van der Waals surface area contributed by atoms with E-state index in [1.54, 1.807) is 0 Å². The van der Waals surface area contributed by atoms with Crippen molar-refractivity contribution in [3.8, 4) is 0 Å². The van der Waals surface area contributed by atoms with E-state index < -0.39 is 0 Å². The SMILES string of the molecule is CCC(C)(Cc1ccc2ccccc2c1)NCc1ccccc1. The van der Waals surface area contributed by atoms with Crippen LogP contribution in [-0.2, 0) is 13.0 Å². The number of rotatable bonds is 6. The predicted octanol–water partition coefficient (Wildman–Crippen LogP) is 5.34. The van der Waals surface area contributed by atoms with Gasteiger partial charge in [0.2, 0.25) is 0 Å². The molecule has 0 spiro atoms. The lowest BCUT2D eigenvalue weighted by Crippen LogP contribution is -2.43. The molecule has 23 heavy (non-hydrogen) atoms. The van der Waals surface area contributed by atoms with Gasteiger partial charge in [-0.15, -0.1) is 0 Å². The molecule has 118 valence electrons. The van der Waals surface area contributed by atoms with Crippen LogP contribution < -0.4 is 5.32 Å². The van der Waals surface area contributed by atoms with Crippen LogP contribution in [-0.4, -0.2) is 5.54 Å². The molecule has 1 N–H and O–H groups in total. The van der Waals surface area contributed by atoms with Crippen molar-refractivity contribution >= 4 is 10.8 Å². The van der Waals surface area contributed by atoms with Crippen molar-refractivity contribution in [1.82, 2.24) is 5.32 Å². The van der Waals surface area contributed by atoms with Crippen LogP contribution >= 0.6 is 0 Å². The molecule has 1 unspecified atom stereocenters. The Morgan fingerprint density at radius 1 is 0.783 bits per heavy atom. The van der Waals surface area contributed by atoms with E-state index in [1.807, 2.05) is 0 Å². The number of benzene rings is 3. The third kappa shape index (κ3) is 4.00. The van der Waals surface area contributed by atoms with Gasteiger partial charge in [0.05, 0.1) is 0 Å². The second kappa shape index (κ2) is 6.97. The van der Waals surface area contributed by atoms with Gasteiger partial charge in [0.25, 0.3) is 0 Å². The zero-order chi connectivity index (χ0) is 16.1. The molecule has 0 aromatic heterocycles. The summed E-state index contributed by atoms with van der Waals surface area (Å²) in [7, 11) is 0. The Hall–Kier alpha value is -2.12. The molecule has 0 amide bonds. The van der Waals surface area contributed by atoms with Crippen LogP contribution in [0.4, 0.5) is 0 Å². The molecule has 3 rings (SSSR count). The summed E-state index contributed by atoms with van der Waals surface area (Å²) in [5.41, 5.74) is 2.84. The molecule has 0 heterocycles. The zero-order valence-corrected chi connectivity index (χ0v) is 14.0. The van der Waals surface area contributed by atoms with Crippen molar-refractivity contribution in [3.63, 3.8) is 0 Å². The standard InChI is InChI=1S/C22H25N/c1-3-22(2,23-17-18-9-5-4-6-10-18)16-19-13-14-20-11-7-8-12-21(20)15-19/h4-15,23H,3,16-17H2,1-2H3. The van der Waals surface area contributed by atoms with Crippen molar-refractivity contribution in [3.05, 3.63) is 83.9 Å². The van der Waals surface area contributed by atoms with Gasteiger partial charge < -0.3 is 5.32 Å². The molecular weight excluding hydrogens is 278 g/mol. The normalized spacial score (nSPS) is 13.8. The molecule has 0 aliphatic rings. The van der Waals surface area contributed by atoms with Crippen molar-refractivity contribution in [2.75, 3.05) is 0 Å². The molecule has 0 saturated heterocycles. The topological polar surface area (TPSA) is 12.0 Å². The van der Waals surface area contributed by atoms with E-state index in [2.05, 4.69) is 92.0 Å². The summed E-state index contributed by atoms with van der Waals surface area (Å²) < 4.78 is 0. The predicted molar refractivity (Wildman–Crippen MR) is 99.6 cm³/mol. The highest BCUT2D eigenvalue weighted by molar-refractivity contribution is 5.83. The Bertz CT molecular complexity index is 763. The molecule has 1 heteroatoms. The quantitative estimate of drug-likeness (QED) is 0.648. The highest BCUT2D eigenvalue weighted by Gasteiger charge is 2.21. The minimum Gasteiger partial charge on any atom is -0.307 e. The smallest absolute Gasteiger partial charge is 0.0210 e. The lowest BCUT2D eigenvalue weighted by Gasteiger charge is -2.30. The number of fused-ring (bicyclic) bond motifs is 1. The number of hydrogen-bond donors (Lipinski definition) is 1. The summed E-state index contributed by atoms with van der Waals surface area (Å²) in [5, 5.41) is 6.40. The summed E-state index contributed by atoms with van der Waals surface area (Å²) in [4.78, 5) is 0. The maximum Gasteiger partial charge on any atom is 0.0210 e. The van der Waals surface area contributed by atoms with Gasteiger partial charge in [-0.05, 0) is 41.7 Å². The van der Waals surface area contributed by atoms with E-state index in [4.69, 9.17) is 0 Å². The van der Waals surface area contributed by atoms with Crippen molar-refractivity contribution in [2.45, 2.75) is 38.8 Å². The van der Waals surface area contributed by atoms with Gasteiger partial charge in [0.15, 0.2) is 0 Å². The highest BCUT2D eigenvalue weighted by atomic mass is 15.0. The lowest BCUT2D eigenvalue weighted by atomic mass is 9.89. The highest BCUT2D eigenvalue weighted by Crippen LogP contribution is 2.22. The molecule has 0 radical (unpaired) electrons. The van der Waals surface area contributed by atoms with Crippen LogP contribution in [0.5, 0.6) is 0 Å². The van der Waals surface area contributed by atoms with Crippen molar-refractivity contribution in [1.29, 1.82) is 0 Å². The summed E-state index contributed by atoms with van der Waals surface area (Å²) in [5.74, 6) is 0. The fourth-order valence-electron chi connectivity index (χ4n) is 3.02. The van der Waals surface area contributed by atoms with Gasteiger partial charge in [-0.25, -0.2) is 0 Å². The summed E-state index contributed by atoms with van der Waals surface area (Å²) in [6, 6.07) is 26.0. The molecule has 1 nitrogen and oxygen atoms in total. The Morgan fingerprint density at radius 3 is 2.22 bits per heavy atom. The summed E-state index contributed by atoms with van der Waals surface area (Å²) in [6.07, 6.45) is 2.15. The van der Waals surface area contributed by atoms with Crippen molar-refractivity contribution in [2.24, 2.45) is 0 Å². The first-order chi connectivity index (χ1) is 11.2. The number of hydrogen-bond acceptors (Lipinski definition) is 1. The van der Waals surface area contributed by atoms with Crippen LogP contribution in [0.25, 0.3) is 10.8 Å². The van der Waals surface area contributed by atoms with E-state index in [1.165, 1.54) is 21.9 Å². The summed E-state index contributed by atoms with van der Waals surface area (Å²) >= 11 is 0. The van der Waals surface area contributed by atoms with Crippen LogP contribution in [0.3, 0.4) is 0 Å². The molecule has 1 atom stereocenters. The van der Waals surface area contributed by atoms with Crippen LogP contribution in [0.1, 0.15) is 31.4 Å².